The third kappa shape index (κ3) is 3.51. The third-order valence-corrected chi connectivity index (χ3v) is 4.94. The Kier molecular flexibility index (Phi) is 4.72. The zero-order valence-corrected chi connectivity index (χ0v) is 14.2. The summed E-state index contributed by atoms with van der Waals surface area (Å²) in [4.78, 5) is 18.5. The second kappa shape index (κ2) is 6.78. The van der Waals surface area contributed by atoms with Crippen molar-refractivity contribution in [2.75, 3.05) is 18.0 Å². The molecule has 0 aromatic carbocycles. The zero-order chi connectivity index (χ0) is 17.3. The fraction of sp³-hybridized carbons (Fsp3) is 0.611. The Morgan fingerprint density at radius 3 is 2.62 bits per heavy atom. The number of pyridine rings is 1. The van der Waals surface area contributed by atoms with Crippen molar-refractivity contribution in [2.45, 2.75) is 51.7 Å². The number of aliphatic hydroxyl groups is 1. The molecule has 24 heavy (non-hydrogen) atoms. The Morgan fingerprint density at radius 2 is 2.04 bits per heavy atom. The molecule has 6 nitrogen and oxygen atoms in total. The first-order valence-electron chi connectivity index (χ1n) is 8.61. The number of aliphatic hydroxyl groups excluding tert-OH is 1. The van der Waals surface area contributed by atoms with E-state index in [4.69, 9.17) is 0 Å². The van der Waals surface area contributed by atoms with Gasteiger partial charge in [0.05, 0.1) is 16.9 Å². The lowest BCUT2D eigenvalue weighted by molar-refractivity contribution is -0.132. The summed E-state index contributed by atoms with van der Waals surface area (Å²) in [6, 6.07) is 4.47. The molecule has 1 amide bonds. The molecule has 0 radical (unpaired) electrons. The first-order chi connectivity index (χ1) is 11.5. The number of piperidine rings is 1. The maximum absolute atomic E-state index is 12.0. The van der Waals surface area contributed by atoms with Gasteiger partial charge in [-0.3, -0.25) is 9.78 Å². The monoisotopic (exact) mass is 328 g/mol. The van der Waals surface area contributed by atoms with Gasteiger partial charge in [0.1, 0.15) is 12.2 Å². The Bertz CT molecular complexity index is 670. The number of amides is 1. The van der Waals surface area contributed by atoms with E-state index in [0.29, 0.717) is 5.56 Å². The summed E-state index contributed by atoms with van der Waals surface area (Å²) in [5.74, 6) is -0.251. The molecule has 0 spiro atoms. The smallest absolute Gasteiger partial charge is 0.249 e. The number of aromatic nitrogens is 1. The van der Waals surface area contributed by atoms with E-state index < -0.39 is 6.10 Å². The van der Waals surface area contributed by atoms with Crippen molar-refractivity contribution in [2.24, 2.45) is 5.92 Å². The number of hydrogen-bond donors (Lipinski definition) is 2. The normalized spacial score (nSPS) is 19.7. The van der Waals surface area contributed by atoms with Crippen LogP contribution in [-0.2, 0) is 4.79 Å². The molecule has 2 N–H and O–H groups in total. The van der Waals surface area contributed by atoms with Crippen molar-refractivity contribution in [3.05, 3.63) is 23.0 Å². The fourth-order valence-electron chi connectivity index (χ4n) is 3.38. The predicted octanol–water partition coefficient (Wildman–Crippen LogP) is 1.43. The molecule has 1 aliphatic heterocycles. The molecule has 2 heterocycles. The van der Waals surface area contributed by atoms with Gasteiger partial charge in [0.2, 0.25) is 5.91 Å². The highest BCUT2D eigenvalue weighted by atomic mass is 16.3. The quantitative estimate of drug-likeness (QED) is 0.873. The van der Waals surface area contributed by atoms with E-state index in [1.165, 1.54) is 0 Å². The minimum atomic E-state index is -0.927. The average molecular weight is 328 g/mol. The Morgan fingerprint density at radius 1 is 1.38 bits per heavy atom. The van der Waals surface area contributed by atoms with Gasteiger partial charge in [0.15, 0.2) is 0 Å². The van der Waals surface area contributed by atoms with Crippen LogP contribution in [0.4, 0.5) is 5.69 Å². The van der Waals surface area contributed by atoms with Crippen LogP contribution in [0.2, 0.25) is 0 Å². The van der Waals surface area contributed by atoms with Gasteiger partial charge in [-0.05, 0) is 51.5 Å². The van der Waals surface area contributed by atoms with E-state index in [2.05, 4.69) is 21.3 Å². The molecule has 1 saturated heterocycles. The molecular formula is C18H24N4O2. The number of anilines is 1. The first-order valence-corrected chi connectivity index (χ1v) is 8.61. The van der Waals surface area contributed by atoms with Gasteiger partial charge >= 0.3 is 0 Å². The molecule has 3 rings (SSSR count). The summed E-state index contributed by atoms with van der Waals surface area (Å²) < 4.78 is 0. The summed E-state index contributed by atoms with van der Waals surface area (Å²) in [6.07, 6.45) is 2.60. The average Bonchev–Trinajstić information content (AvgIpc) is 3.37. The second-order valence-corrected chi connectivity index (χ2v) is 6.91. The number of nitrogens with one attached hydrogen (secondary N) is 1. The summed E-state index contributed by atoms with van der Waals surface area (Å²) in [7, 11) is 0. The van der Waals surface area contributed by atoms with Crippen LogP contribution in [-0.4, -0.2) is 41.2 Å². The molecule has 2 fully saturated rings. The lowest BCUT2D eigenvalue weighted by atomic mass is 9.90. The van der Waals surface area contributed by atoms with Crippen molar-refractivity contribution < 1.29 is 9.90 Å². The highest BCUT2D eigenvalue weighted by Crippen LogP contribution is 2.29. The van der Waals surface area contributed by atoms with Gasteiger partial charge in [0.25, 0.3) is 0 Å². The number of nitrogens with zero attached hydrogens (tertiary/aromatic N) is 3. The van der Waals surface area contributed by atoms with Crippen LogP contribution in [0.5, 0.6) is 0 Å². The van der Waals surface area contributed by atoms with E-state index >= 15 is 0 Å². The summed E-state index contributed by atoms with van der Waals surface area (Å²) in [5, 5.41) is 22.6. The summed E-state index contributed by atoms with van der Waals surface area (Å²) >= 11 is 0. The van der Waals surface area contributed by atoms with Gasteiger partial charge in [-0.2, -0.15) is 5.26 Å². The largest absolute Gasteiger partial charge is 0.383 e. The lowest BCUT2D eigenvalue weighted by Gasteiger charge is -2.35. The number of nitriles is 1. The highest BCUT2D eigenvalue weighted by Gasteiger charge is 2.33. The topological polar surface area (TPSA) is 89.2 Å². The molecule has 1 saturated carbocycles. The molecule has 1 aromatic heterocycles. The SMILES string of the molecule is Cc1cc(N2CCC(C(O)C(=O)NC3CC3)CC2)c(C#N)c(C)n1. The van der Waals surface area contributed by atoms with Gasteiger partial charge in [-0.1, -0.05) is 0 Å². The van der Waals surface area contributed by atoms with Crippen molar-refractivity contribution in [1.82, 2.24) is 10.3 Å². The first kappa shape index (κ1) is 16.7. The molecule has 1 aromatic rings. The molecule has 0 bridgehead atoms. The van der Waals surface area contributed by atoms with Gasteiger partial charge < -0.3 is 15.3 Å². The van der Waals surface area contributed by atoms with E-state index in [9.17, 15) is 15.2 Å². The van der Waals surface area contributed by atoms with E-state index in [0.717, 1.165) is 55.8 Å². The van der Waals surface area contributed by atoms with Crippen molar-refractivity contribution in [3.8, 4) is 6.07 Å². The summed E-state index contributed by atoms with van der Waals surface area (Å²) in [6.45, 7) is 5.25. The number of rotatable bonds is 4. The third-order valence-electron chi connectivity index (χ3n) is 4.94. The van der Waals surface area contributed by atoms with Crippen LogP contribution in [0.3, 0.4) is 0 Å². The van der Waals surface area contributed by atoms with Gasteiger partial charge in [-0.25, -0.2) is 0 Å². The standard InChI is InChI=1S/C18H24N4O2/c1-11-9-16(15(10-19)12(2)20-11)22-7-5-13(6-8-22)17(23)18(24)21-14-3-4-14/h9,13-14,17,23H,3-8H2,1-2H3,(H,21,24). The molecule has 1 unspecified atom stereocenters. The molecule has 1 atom stereocenters. The van der Waals surface area contributed by atoms with Crippen LogP contribution in [0.15, 0.2) is 6.07 Å². The minimum Gasteiger partial charge on any atom is -0.383 e. The van der Waals surface area contributed by atoms with Crippen LogP contribution in [0.1, 0.15) is 42.6 Å². The van der Waals surface area contributed by atoms with Crippen molar-refractivity contribution >= 4 is 11.6 Å². The van der Waals surface area contributed by atoms with Crippen molar-refractivity contribution in [3.63, 3.8) is 0 Å². The molecule has 1 aliphatic carbocycles. The maximum Gasteiger partial charge on any atom is 0.249 e. The zero-order valence-electron chi connectivity index (χ0n) is 14.2. The second-order valence-electron chi connectivity index (χ2n) is 6.91. The van der Waals surface area contributed by atoms with Gasteiger partial charge in [-0.15, -0.1) is 0 Å². The maximum atomic E-state index is 12.0. The number of hydrogen-bond acceptors (Lipinski definition) is 5. The molecule has 128 valence electrons. The Balaban J connectivity index is 1.65. The Hall–Kier alpha value is -2.13. The van der Waals surface area contributed by atoms with E-state index in [1.54, 1.807) is 0 Å². The highest BCUT2D eigenvalue weighted by molar-refractivity contribution is 5.81. The molecular weight excluding hydrogens is 304 g/mol. The van der Waals surface area contributed by atoms with Crippen molar-refractivity contribution in [1.29, 1.82) is 5.26 Å². The van der Waals surface area contributed by atoms with E-state index in [-0.39, 0.29) is 17.9 Å². The Labute approximate surface area is 142 Å². The van der Waals surface area contributed by atoms with Gasteiger partial charge in [0, 0.05) is 24.8 Å². The number of carbonyl (C=O) groups excluding carboxylic acids is 1. The van der Waals surface area contributed by atoms with Crippen LogP contribution >= 0.6 is 0 Å². The van der Waals surface area contributed by atoms with Crippen LogP contribution < -0.4 is 10.2 Å². The predicted molar refractivity (Wildman–Crippen MR) is 90.5 cm³/mol. The minimum absolute atomic E-state index is 0.0189. The number of carbonyl (C=O) groups is 1. The van der Waals surface area contributed by atoms with Crippen LogP contribution in [0, 0.1) is 31.1 Å². The summed E-state index contributed by atoms with van der Waals surface area (Å²) in [5.41, 5.74) is 3.18. The molecule has 6 heteroatoms. The number of aryl methyl sites for hydroxylation is 2. The van der Waals surface area contributed by atoms with E-state index in [1.807, 2.05) is 19.9 Å². The fourth-order valence-corrected chi connectivity index (χ4v) is 3.38. The molecule has 2 aliphatic rings. The van der Waals surface area contributed by atoms with Crippen LogP contribution in [0.25, 0.3) is 0 Å². The lowest BCUT2D eigenvalue weighted by Crippen LogP contribution is -2.45.